The topological polar surface area (TPSA) is 50.7 Å². The minimum Gasteiger partial charge on any atom is -0.490 e. The SMILES string of the molecule is CCCCCCCOc1ccccc1OC[C@@H](O)CNC(C)C. The highest BCUT2D eigenvalue weighted by molar-refractivity contribution is 5.39. The van der Waals surface area contributed by atoms with Crippen LogP contribution in [0.15, 0.2) is 24.3 Å². The highest BCUT2D eigenvalue weighted by Crippen LogP contribution is 2.26. The molecule has 1 atom stereocenters. The molecule has 1 aromatic carbocycles. The van der Waals surface area contributed by atoms with Gasteiger partial charge in [0.25, 0.3) is 0 Å². The van der Waals surface area contributed by atoms with Crippen LogP contribution in [0, 0.1) is 0 Å². The maximum absolute atomic E-state index is 9.92. The van der Waals surface area contributed by atoms with Gasteiger partial charge in [0.05, 0.1) is 6.61 Å². The Morgan fingerprint density at radius 3 is 2.30 bits per heavy atom. The zero-order valence-corrected chi connectivity index (χ0v) is 14.9. The Labute approximate surface area is 141 Å². The predicted octanol–water partition coefficient (Wildman–Crippen LogP) is 3.77. The van der Waals surface area contributed by atoms with Crippen LogP contribution >= 0.6 is 0 Å². The van der Waals surface area contributed by atoms with Crippen LogP contribution in [0.2, 0.25) is 0 Å². The molecule has 0 unspecified atom stereocenters. The van der Waals surface area contributed by atoms with E-state index in [0.29, 0.717) is 24.9 Å². The second kappa shape index (κ2) is 12.2. The second-order valence-electron chi connectivity index (χ2n) is 6.24. The lowest BCUT2D eigenvalue weighted by Crippen LogP contribution is -2.35. The number of hydrogen-bond acceptors (Lipinski definition) is 4. The van der Waals surface area contributed by atoms with Crippen LogP contribution in [-0.4, -0.2) is 37.0 Å². The highest BCUT2D eigenvalue weighted by atomic mass is 16.5. The molecule has 0 spiro atoms. The van der Waals surface area contributed by atoms with Crippen molar-refractivity contribution in [1.82, 2.24) is 5.32 Å². The zero-order valence-electron chi connectivity index (χ0n) is 14.9. The maximum Gasteiger partial charge on any atom is 0.161 e. The Balaban J connectivity index is 2.32. The second-order valence-corrected chi connectivity index (χ2v) is 6.24. The lowest BCUT2D eigenvalue weighted by atomic mass is 10.2. The summed E-state index contributed by atoms with van der Waals surface area (Å²) in [6, 6.07) is 8.01. The summed E-state index contributed by atoms with van der Waals surface area (Å²) in [4.78, 5) is 0. The van der Waals surface area contributed by atoms with E-state index < -0.39 is 6.10 Å². The van der Waals surface area contributed by atoms with E-state index in [0.717, 1.165) is 12.2 Å². The number of unbranched alkanes of at least 4 members (excludes halogenated alkanes) is 4. The van der Waals surface area contributed by atoms with Gasteiger partial charge >= 0.3 is 0 Å². The molecule has 0 saturated heterocycles. The van der Waals surface area contributed by atoms with Crippen molar-refractivity contribution >= 4 is 0 Å². The molecule has 1 aromatic rings. The van der Waals surface area contributed by atoms with Gasteiger partial charge in [0, 0.05) is 12.6 Å². The molecule has 4 heteroatoms. The van der Waals surface area contributed by atoms with Crippen molar-refractivity contribution < 1.29 is 14.6 Å². The number of hydrogen-bond donors (Lipinski definition) is 2. The summed E-state index contributed by atoms with van der Waals surface area (Å²) >= 11 is 0. The lowest BCUT2D eigenvalue weighted by molar-refractivity contribution is 0.102. The number of aliphatic hydroxyl groups is 1. The number of ether oxygens (including phenoxy) is 2. The van der Waals surface area contributed by atoms with Crippen LogP contribution in [0.25, 0.3) is 0 Å². The molecular weight excluding hydrogens is 290 g/mol. The molecule has 0 aliphatic heterocycles. The van der Waals surface area contributed by atoms with Gasteiger partial charge in [-0.2, -0.15) is 0 Å². The van der Waals surface area contributed by atoms with Crippen molar-refractivity contribution in [2.24, 2.45) is 0 Å². The van der Waals surface area contributed by atoms with Gasteiger partial charge < -0.3 is 19.9 Å². The van der Waals surface area contributed by atoms with Gasteiger partial charge in [0.2, 0.25) is 0 Å². The van der Waals surface area contributed by atoms with E-state index >= 15 is 0 Å². The first kappa shape index (κ1) is 19.8. The van der Waals surface area contributed by atoms with Gasteiger partial charge in [-0.15, -0.1) is 0 Å². The van der Waals surface area contributed by atoms with Crippen LogP contribution < -0.4 is 14.8 Å². The Hall–Kier alpha value is -1.26. The summed E-state index contributed by atoms with van der Waals surface area (Å²) < 4.78 is 11.5. The average Bonchev–Trinajstić information content (AvgIpc) is 2.55. The van der Waals surface area contributed by atoms with Crippen molar-refractivity contribution in [3.8, 4) is 11.5 Å². The van der Waals surface area contributed by atoms with E-state index in [2.05, 4.69) is 26.1 Å². The van der Waals surface area contributed by atoms with Gasteiger partial charge in [-0.3, -0.25) is 0 Å². The average molecular weight is 323 g/mol. The molecular formula is C19H33NO3. The molecule has 0 saturated carbocycles. The Bertz CT molecular complexity index is 409. The normalized spacial score (nSPS) is 12.4. The van der Waals surface area contributed by atoms with Crippen LogP contribution in [-0.2, 0) is 0 Å². The van der Waals surface area contributed by atoms with Crippen LogP contribution in [0.5, 0.6) is 11.5 Å². The Morgan fingerprint density at radius 1 is 1.00 bits per heavy atom. The van der Waals surface area contributed by atoms with Gasteiger partial charge in [0.1, 0.15) is 12.7 Å². The van der Waals surface area contributed by atoms with Crippen molar-refractivity contribution in [2.75, 3.05) is 19.8 Å². The maximum atomic E-state index is 9.92. The van der Waals surface area contributed by atoms with E-state index in [4.69, 9.17) is 9.47 Å². The Kier molecular flexibility index (Phi) is 10.5. The minimum atomic E-state index is -0.528. The van der Waals surface area contributed by atoms with Crippen molar-refractivity contribution in [1.29, 1.82) is 0 Å². The predicted molar refractivity (Wildman–Crippen MR) is 95.3 cm³/mol. The van der Waals surface area contributed by atoms with E-state index in [1.165, 1.54) is 25.7 Å². The fourth-order valence-electron chi connectivity index (χ4n) is 2.19. The molecule has 0 heterocycles. The van der Waals surface area contributed by atoms with Crippen molar-refractivity contribution in [3.63, 3.8) is 0 Å². The number of nitrogens with one attached hydrogen (secondary N) is 1. The lowest BCUT2D eigenvalue weighted by Gasteiger charge is -2.17. The third-order valence-electron chi connectivity index (χ3n) is 3.55. The van der Waals surface area contributed by atoms with E-state index in [1.54, 1.807) is 0 Å². The minimum absolute atomic E-state index is 0.261. The first-order chi connectivity index (χ1) is 11.1. The standard InChI is InChI=1S/C19H33NO3/c1-4-5-6-7-10-13-22-18-11-8-9-12-19(18)23-15-17(21)14-20-16(2)3/h8-9,11-12,16-17,20-21H,4-7,10,13-15H2,1-3H3/t17-/m0/s1. The molecule has 0 fully saturated rings. The molecule has 0 aromatic heterocycles. The molecule has 1 rings (SSSR count). The Morgan fingerprint density at radius 2 is 1.65 bits per heavy atom. The van der Waals surface area contributed by atoms with Gasteiger partial charge in [0.15, 0.2) is 11.5 Å². The molecule has 0 radical (unpaired) electrons. The van der Waals surface area contributed by atoms with Crippen molar-refractivity contribution in [3.05, 3.63) is 24.3 Å². The molecule has 4 nitrogen and oxygen atoms in total. The molecule has 0 aliphatic rings. The van der Waals surface area contributed by atoms with Gasteiger partial charge in [-0.25, -0.2) is 0 Å². The third kappa shape index (κ3) is 9.47. The monoisotopic (exact) mass is 323 g/mol. The number of aliphatic hydroxyl groups excluding tert-OH is 1. The first-order valence-electron chi connectivity index (χ1n) is 8.89. The number of para-hydroxylation sites is 2. The van der Waals surface area contributed by atoms with E-state index in [-0.39, 0.29) is 6.61 Å². The summed E-state index contributed by atoms with van der Waals surface area (Å²) in [6.07, 6.45) is 5.56. The van der Waals surface area contributed by atoms with Crippen LogP contribution in [0.3, 0.4) is 0 Å². The number of rotatable bonds is 13. The summed E-state index contributed by atoms with van der Waals surface area (Å²) in [7, 11) is 0. The fourth-order valence-corrected chi connectivity index (χ4v) is 2.19. The highest BCUT2D eigenvalue weighted by Gasteiger charge is 2.09. The molecule has 132 valence electrons. The molecule has 0 bridgehead atoms. The summed E-state index contributed by atoms with van der Waals surface area (Å²) in [5.41, 5.74) is 0. The number of benzene rings is 1. The molecule has 0 amide bonds. The molecule has 0 aliphatic carbocycles. The smallest absolute Gasteiger partial charge is 0.161 e. The quantitative estimate of drug-likeness (QED) is 0.543. The fraction of sp³-hybridized carbons (Fsp3) is 0.684. The summed E-state index contributed by atoms with van der Waals surface area (Å²) in [6.45, 7) is 7.82. The summed E-state index contributed by atoms with van der Waals surface area (Å²) in [5, 5.41) is 13.1. The third-order valence-corrected chi connectivity index (χ3v) is 3.55. The summed E-state index contributed by atoms with van der Waals surface area (Å²) in [5.74, 6) is 1.46. The molecule has 2 N–H and O–H groups in total. The van der Waals surface area contributed by atoms with Crippen LogP contribution in [0.1, 0.15) is 52.9 Å². The van der Waals surface area contributed by atoms with E-state index in [1.807, 2.05) is 24.3 Å². The molecule has 23 heavy (non-hydrogen) atoms. The van der Waals surface area contributed by atoms with E-state index in [9.17, 15) is 5.11 Å². The van der Waals surface area contributed by atoms with Gasteiger partial charge in [-0.1, -0.05) is 58.6 Å². The largest absolute Gasteiger partial charge is 0.490 e. The van der Waals surface area contributed by atoms with Gasteiger partial charge in [-0.05, 0) is 18.6 Å². The van der Waals surface area contributed by atoms with Crippen LogP contribution in [0.4, 0.5) is 0 Å². The van der Waals surface area contributed by atoms with Crippen molar-refractivity contribution in [2.45, 2.75) is 65.0 Å². The first-order valence-corrected chi connectivity index (χ1v) is 8.89. The zero-order chi connectivity index (χ0) is 16.9.